The monoisotopic (exact) mass is 140 g/mol. The van der Waals surface area contributed by atoms with Crippen LogP contribution in [-0.4, -0.2) is 48.8 Å². The number of carboxylic acid groups (broad SMARTS) is 1. The molecule has 0 aliphatic heterocycles. The Kier molecular flexibility index (Phi) is 9.97. The molecule has 42 valence electrons. The van der Waals surface area contributed by atoms with Gasteiger partial charge in [0.05, 0.1) is 0 Å². The second-order valence-electron chi connectivity index (χ2n) is 0.933. The molecule has 0 rings (SSSR count). The molecule has 1 N–H and O–H groups in total. The fourth-order valence-electron chi connectivity index (χ4n) is 0.150. The molecule has 0 amide bonds. The van der Waals surface area contributed by atoms with E-state index >= 15 is 0 Å². The minimum absolute atomic E-state index is 0. The van der Waals surface area contributed by atoms with Crippen LogP contribution in [0.5, 0.6) is 0 Å². The minimum atomic E-state index is -0.945. The summed E-state index contributed by atoms with van der Waals surface area (Å²) in [7, 11) is 0. The first-order valence-electron chi connectivity index (χ1n) is 1.79. The van der Waals surface area contributed by atoms with Gasteiger partial charge >= 0.3 is 43.7 Å². The van der Waals surface area contributed by atoms with E-state index in [0.29, 0.717) is 0 Å². The Bertz CT molecular complexity index is 107. The van der Waals surface area contributed by atoms with Crippen LogP contribution in [0.15, 0.2) is 24.8 Å². The summed E-state index contributed by atoms with van der Waals surface area (Å²) in [6, 6.07) is 0. The number of rotatable bonds is 2. The van der Waals surface area contributed by atoms with Crippen molar-refractivity contribution in [3.63, 3.8) is 0 Å². The van der Waals surface area contributed by atoms with Gasteiger partial charge in [0.1, 0.15) is 0 Å². The second kappa shape index (κ2) is 7.21. The van der Waals surface area contributed by atoms with Crippen molar-refractivity contribution in [1.29, 1.82) is 0 Å². The van der Waals surface area contributed by atoms with Gasteiger partial charge in [-0.1, -0.05) is 18.7 Å². The number of carbonyl (C=O) groups is 1. The molecule has 0 aliphatic rings. The van der Waals surface area contributed by atoms with E-state index in [1.807, 2.05) is 0 Å². The Balaban J connectivity index is 0. The third kappa shape index (κ3) is 9.51. The molecule has 2 nitrogen and oxygen atoms in total. The number of aliphatic carboxylic acids is 1. The molecule has 0 bridgehead atoms. The van der Waals surface area contributed by atoms with E-state index in [4.69, 9.17) is 5.11 Å². The van der Waals surface area contributed by atoms with Crippen LogP contribution in [0.2, 0.25) is 0 Å². The first-order valence-corrected chi connectivity index (χ1v) is 1.79. The Morgan fingerprint density at radius 3 is 2.25 bits per heavy atom. The molecule has 0 aliphatic carbocycles. The van der Waals surface area contributed by atoms with Gasteiger partial charge in [0.2, 0.25) is 0 Å². The topological polar surface area (TPSA) is 37.3 Å². The maximum absolute atomic E-state index is 9.62. The van der Waals surface area contributed by atoms with Crippen molar-refractivity contribution >= 4 is 43.7 Å². The summed E-state index contributed by atoms with van der Waals surface area (Å²) in [4.78, 5) is 9.62. The molecule has 0 spiro atoms. The van der Waals surface area contributed by atoms with E-state index in [1.54, 1.807) is 0 Å². The van der Waals surface area contributed by atoms with Crippen LogP contribution < -0.4 is 0 Å². The molecule has 0 saturated heterocycles. The number of hydrogen-bond donors (Lipinski definition) is 1. The Morgan fingerprint density at radius 1 is 1.62 bits per heavy atom. The third-order valence-corrected chi connectivity index (χ3v) is 0.375. The van der Waals surface area contributed by atoms with Gasteiger partial charge in [-0.25, -0.2) is 4.79 Å². The van der Waals surface area contributed by atoms with Crippen molar-refractivity contribution in [2.45, 2.75) is 0 Å². The second-order valence-corrected chi connectivity index (χ2v) is 0.933. The number of hydrogen-bond acceptors (Lipinski definition) is 1. The summed E-state index contributed by atoms with van der Waals surface area (Å²) in [6.07, 6.45) is 3.80. The summed E-state index contributed by atoms with van der Waals surface area (Å²) in [5, 5.41) is 7.91. The zero-order chi connectivity index (χ0) is 5.70. The van der Waals surface area contributed by atoms with Crippen LogP contribution in [0.4, 0.5) is 0 Å². The van der Waals surface area contributed by atoms with Crippen LogP contribution in [-0.2, 0) is 4.79 Å². The average Bonchev–Trinajstić information content (AvgIpc) is 1.61. The van der Waals surface area contributed by atoms with Gasteiger partial charge in [0.25, 0.3) is 0 Å². The summed E-state index contributed by atoms with van der Waals surface area (Å²) in [6.45, 7) is 3.28. The molecule has 0 saturated carbocycles. The van der Waals surface area contributed by atoms with Crippen molar-refractivity contribution in [3.8, 4) is 0 Å². The van der Waals surface area contributed by atoms with Gasteiger partial charge in [0, 0.05) is 6.08 Å². The van der Waals surface area contributed by atoms with Crippen LogP contribution in [0.3, 0.4) is 0 Å². The quantitative estimate of drug-likeness (QED) is 0.330. The Morgan fingerprint density at radius 2 is 2.12 bits per heavy atom. The van der Waals surface area contributed by atoms with Crippen molar-refractivity contribution in [2.75, 3.05) is 0 Å². The summed E-state index contributed by atoms with van der Waals surface area (Å²) >= 11 is 0. The van der Waals surface area contributed by atoms with Gasteiger partial charge in [0.15, 0.2) is 0 Å². The van der Waals surface area contributed by atoms with E-state index in [2.05, 4.69) is 6.58 Å². The average molecular weight is 140 g/mol. The van der Waals surface area contributed by atoms with Crippen LogP contribution in [0, 0.1) is 0 Å². The first-order chi connectivity index (χ1) is 3.27. The molecule has 0 aromatic rings. The fraction of sp³-hybridized carbons (Fsp3) is 0. The Labute approximate surface area is 77.9 Å². The Hall–Kier alpha value is 0.210. The molecule has 0 atom stereocenters. The predicted octanol–water partition coefficient (Wildman–Crippen LogP) is -0.103. The van der Waals surface area contributed by atoms with Gasteiger partial charge in [-0.3, -0.25) is 0 Å². The predicted molar refractivity (Wildman–Crippen MR) is 35.5 cm³/mol. The van der Waals surface area contributed by atoms with Crippen LogP contribution in [0.1, 0.15) is 0 Å². The molecular weight excluding hydrogens is 132 g/mol. The molecule has 0 heterocycles. The van der Waals surface area contributed by atoms with Crippen molar-refractivity contribution in [3.05, 3.63) is 24.8 Å². The van der Waals surface area contributed by atoms with E-state index in [-0.39, 0.29) is 37.7 Å². The first kappa shape index (κ1) is 11.1. The zero-order valence-corrected chi connectivity index (χ0v) is 3.79. The van der Waals surface area contributed by atoms with Gasteiger partial charge in [-0.2, -0.15) is 0 Å². The number of carboxylic acids is 1. The summed E-state index contributed by atoms with van der Waals surface area (Å²) in [5.74, 6) is -0.945. The van der Waals surface area contributed by atoms with E-state index in [9.17, 15) is 4.79 Å². The SMILES string of the molecule is C=CC=CC(=O)O.[CaH2]. The van der Waals surface area contributed by atoms with E-state index < -0.39 is 5.97 Å². The van der Waals surface area contributed by atoms with Gasteiger partial charge < -0.3 is 5.11 Å². The summed E-state index contributed by atoms with van der Waals surface area (Å²) in [5.41, 5.74) is 0. The maximum atomic E-state index is 9.62. The normalized spacial score (nSPS) is 8.00. The van der Waals surface area contributed by atoms with Crippen molar-refractivity contribution in [2.24, 2.45) is 0 Å². The van der Waals surface area contributed by atoms with Gasteiger partial charge in [-0.05, 0) is 0 Å². The molecule has 0 aromatic carbocycles. The van der Waals surface area contributed by atoms with E-state index in [0.717, 1.165) is 6.08 Å². The van der Waals surface area contributed by atoms with Crippen LogP contribution in [0.25, 0.3) is 0 Å². The van der Waals surface area contributed by atoms with Crippen molar-refractivity contribution in [1.82, 2.24) is 0 Å². The number of allylic oxidation sites excluding steroid dienone is 2. The molecule has 0 fully saturated rings. The van der Waals surface area contributed by atoms with E-state index in [1.165, 1.54) is 12.2 Å². The standard InChI is InChI=1S/C5H6O2.Ca.2H/c1-2-3-4-5(6)7;;;/h2-4H,1H2,(H,6,7);;;. The third-order valence-electron chi connectivity index (χ3n) is 0.375. The zero-order valence-electron chi connectivity index (χ0n) is 3.79. The van der Waals surface area contributed by atoms with Gasteiger partial charge in [-0.15, -0.1) is 0 Å². The van der Waals surface area contributed by atoms with Crippen LogP contribution >= 0.6 is 0 Å². The summed E-state index contributed by atoms with van der Waals surface area (Å²) < 4.78 is 0. The molecular formula is C5H8CaO2. The molecule has 3 heteroatoms. The fourth-order valence-corrected chi connectivity index (χ4v) is 0.150. The molecule has 0 unspecified atom stereocenters. The molecule has 0 aromatic heterocycles. The molecule has 8 heavy (non-hydrogen) atoms. The molecule has 0 radical (unpaired) electrons. The van der Waals surface area contributed by atoms with Crippen molar-refractivity contribution < 1.29 is 9.90 Å².